The number of hydrogen-bond donors (Lipinski definition) is 0. The number of hydrogen-bond acceptors (Lipinski definition) is 2. The largest absolute Gasteiger partial charge is 0.468 e. The van der Waals surface area contributed by atoms with Crippen LogP contribution in [0.5, 0.6) is 0 Å². The number of esters is 1. The van der Waals surface area contributed by atoms with Crippen molar-refractivity contribution in [3.63, 3.8) is 0 Å². The fraction of sp³-hybridized carbons (Fsp3) is 0.583. The zero-order valence-electron chi connectivity index (χ0n) is 10.5. The van der Waals surface area contributed by atoms with Gasteiger partial charge in [0.1, 0.15) is 0 Å². The van der Waals surface area contributed by atoms with Crippen molar-refractivity contribution in [3.8, 4) is 0 Å². The Kier molecular flexibility index (Phi) is 3.24. The molecule has 1 rings (SSSR count). The molecule has 0 aromatic heterocycles. The molecule has 0 saturated carbocycles. The Morgan fingerprint density at radius 1 is 1.33 bits per heavy atom. The second-order valence-corrected chi connectivity index (χ2v) is 10.3. The predicted octanol–water partition coefficient (Wildman–Crippen LogP) is 2.93. The predicted molar refractivity (Wildman–Crippen MR) is 65.3 cm³/mol. The van der Waals surface area contributed by atoms with Gasteiger partial charge < -0.3 is 4.74 Å². The average molecular weight is 224 g/mol. The van der Waals surface area contributed by atoms with Gasteiger partial charge in [0, 0.05) is 0 Å². The van der Waals surface area contributed by atoms with Crippen LogP contribution in [0, 0.1) is 5.92 Å². The smallest absolute Gasteiger partial charge is 0.316 e. The number of ether oxygens (including phenoxy) is 1. The van der Waals surface area contributed by atoms with E-state index in [1.165, 1.54) is 23.5 Å². The van der Waals surface area contributed by atoms with E-state index in [1.54, 1.807) is 0 Å². The highest BCUT2D eigenvalue weighted by Gasteiger charge is 2.47. The molecule has 0 bridgehead atoms. The Bertz CT molecular complexity index is 341. The Hall–Kier alpha value is -0.833. The van der Waals surface area contributed by atoms with Crippen molar-refractivity contribution in [3.05, 3.63) is 22.4 Å². The Balaban J connectivity index is 2.94. The SMILES string of the molecule is COC(=O)C1C(C=C(C)C)=C1[Si](C)(C)C. The topological polar surface area (TPSA) is 26.3 Å². The van der Waals surface area contributed by atoms with Crippen LogP contribution < -0.4 is 0 Å². The lowest BCUT2D eigenvalue weighted by molar-refractivity contribution is -0.141. The first kappa shape index (κ1) is 12.2. The van der Waals surface area contributed by atoms with Crippen molar-refractivity contribution in [1.82, 2.24) is 0 Å². The molecular weight excluding hydrogens is 204 g/mol. The number of rotatable bonds is 3. The van der Waals surface area contributed by atoms with Gasteiger partial charge in [0.15, 0.2) is 0 Å². The van der Waals surface area contributed by atoms with Crippen molar-refractivity contribution in [2.24, 2.45) is 5.92 Å². The molecule has 0 fully saturated rings. The molecule has 0 aromatic carbocycles. The first-order chi connectivity index (χ1) is 6.79. The van der Waals surface area contributed by atoms with Crippen LogP contribution in [0.2, 0.25) is 19.6 Å². The summed E-state index contributed by atoms with van der Waals surface area (Å²) >= 11 is 0. The summed E-state index contributed by atoms with van der Waals surface area (Å²) in [5, 5.41) is 1.36. The van der Waals surface area contributed by atoms with Crippen molar-refractivity contribution < 1.29 is 9.53 Å². The minimum absolute atomic E-state index is 0.0310. The quantitative estimate of drug-likeness (QED) is 0.544. The van der Waals surface area contributed by atoms with E-state index in [9.17, 15) is 4.79 Å². The maximum absolute atomic E-state index is 11.6. The molecule has 0 saturated heterocycles. The third-order valence-electron chi connectivity index (χ3n) is 2.52. The lowest BCUT2D eigenvalue weighted by Gasteiger charge is -2.12. The molecule has 0 radical (unpaired) electrons. The lowest BCUT2D eigenvalue weighted by Crippen LogP contribution is -2.22. The van der Waals surface area contributed by atoms with Gasteiger partial charge >= 0.3 is 5.97 Å². The molecule has 84 valence electrons. The highest BCUT2D eigenvalue weighted by Crippen LogP contribution is 2.47. The molecule has 1 aliphatic rings. The van der Waals surface area contributed by atoms with Crippen LogP contribution in [0.25, 0.3) is 0 Å². The number of methoxy groups -OCH3 is 1. The minimum atomic E-state index is -1.36. The second kappa shape index (κ2) is 3.97. The van der Waals surface area contributed by atoms with Gasteiger partial charge in [-0.25, -0.2) is 0 Å². The van der Waals surface area contributed by atoms with Crippen LogP contribution in [0.3, 0.4) is 0 Å². The van der Waals surface area contributed by atoms with Crippen molar-refractivity contribution >= 4 is 14.0 Å². The van der Waals surface area contributed by atoms with Crippen LogP contribution in [-0.4, -0.2) is 21.2 Å². The molecular formula is C12H20O2Si. The van der Waals surface area contributed by atoms with Gasteiger partial charge in [0.25, 0.3) is 0 Å². The van der Waals surface area contributed by atoms with Crippen molar-refractivity contribution in [1.29, 1.82) is 0 Å². The van der Waals surface area contributed by atoms with Crippen LogP contribution in [0.15, 0.2) is 22.4 Å². The van der Waals surface area contributed by atoms with E-state index in [0.29, 0.717) is 0 Å². The van der Waals surface area contributed by atoms with E-state index in [4.69, 9.17) is 4.74 Å². The number of carbonyl (C=O) groups excluding carboxylic acids is 1. The van der Waals surface area contributed by atoms with Gasteiger partial charge in [-0.05, 0) is 19.4 Å². The summed E-state index contributed by atoms with van der Waals surface area (Å²) in [5.74, 6) is -0.128. The molecule has 0 heterocycles. The first-order valence-corrected chi connectivity index (χ1v) is 8.76. The minimum Gasteiger partial charge on any atom is -0.468 e. The van der Waals surface area contributed by atoms with E-state index >= 15 is 0 Å². The summed E-state index contributed by atoms with van der Waals surface area (Å²) in [4.78, 5) is 11.6. The van der Waals surface area contributed by atoms with Crippen LogP contribution in [-0.2, 0) is 9.53 Å². The summed E-state index contributed by atoms with van der Waals surface area (Å²) in [6.07, 6.45) is 2.12. The molecule has 3 heteroatoms. The van der Waals surface area contributed by atoms with Gasteiger partial charge in [0.2, 0.25) is 0 Å². The molecule has 15 heavy (non-hydrogen) atoms. The number of carbonyl (C=O) groups is 1. The monoisotopic (exact) mass is 224 g/mol. The van der Waals surface area contributed by atoms with Gasteiger partial charge in [-0.15, -0.1) is 0 Å². The third-order valence-corrected chi connectivity index (χ3v) is 4.71. The van der Waals surface area contributed by atoms with Gasteiger partial charge in [-0.3, -0.25) is 4.79 Å². The fourth-order valence-corrected chi connectivity index (χ4v) is 4.09. The van der Waals surface area contributed by atoms with E-state index < -0.39 is 8.07 Å². The molecule has 1 atom stereocenters. The van der Waals surface area contributed by atoms with Crippen LogP contribution >= 0.6 is 0 Å². The summed E-state index contributed by atoms with van der Waals surface area (Å²) in [7, 11) is 0.0997. The molecule has 1 unspecified atom stereocenters. The van der Waals surface area contributed by atoms with Gasteiger partial charge in [0.05, 0.1) is 21.1 Å². The van der Waals surface area contributed by atoms with E-state index in [1.807, 2.05) is 0 Å². The van der Waals surface area contributed by atoms with E-state index in [0.717, 1.165) is 0 Å². The zero-order valence-corrected chi connectivity index (χ0v) is 11.5. The molecule has 0 amide bonds. The van der Waals surface area contributed by atoms with Crippen LogP contribution in [0.4, 0.5) is 0 Å². The van der Waals surface area contributed by atoms with E-state index in [-0.39, 0.29) is 11.9 Å². The Morgan fingerprint density at radius 2 is 1.87 bits per heavy atom. The maximum Gasteiger partial charge on any atom is 0.316 e. The first-order valence-electron chi connectivity index (χ1n) is 5.26. The maximum atomic E-state index is 11.6. The molecule has 1 aliphatic carbocycles. The van der Waals surface area contributed by atoms with Gasteiger partial charge in [-0.2, -0.15) is 0 Å². The molecule has 0 aliphatic heterocycles. The molecule has 0 spiro atoms. The molecule has 0 aromatic rings. The number of allylic oxidation sites excluding steroid dienone is 2. The highest BCUT2D eigenvalue weighted by atomic mass is 28.3. The normalized spacial score (nSPS) is 20.0. The summed E-state index contributed by atoms with van der Waals surface area (Å²) in [6.45, 7) is 10.9. The summed E-state index contributed by atoms with van der Waals surface area (Å²) in [5.41, 5.74) is 2.45. The lowest BCUT2D eigenvalue weighted by atomic mass is 10.2. The Labute approximate surface area is 93.0 Å². The second-order valence-electron chi connectivity index (χ2n) is 5.30. The van der Waals surface area contributed by atoms with Crippen LogP contribution in [0.1, 0.15) is 13.8 Å². The van der Waals surface area contributed by atoms with Crippen molar-refractivity contribution in [2.75, 3.05) is 7.11 Å². The fourth-order valence-electron chi connectivity index (χ4n) is 1.94. The third kappa shape index (κ3) is 2.59. The van der Waals surface area contributed by atoms with Crippen molar-refractivity contribution in [2.45, 2.75) is 33.5 Å². The summed E-state index contributed by atoms with van der Waals surface area (Å²) < 4.78 is 4.82. The molecule has 2 nitrogen and oxygen atoms in total. The standard InChI is InChI=1S/C12H20O2Si/c1-8(2)7-9-10(12(13)14-3)11(9)15(4,5)6/h7,10H,1-6H3. The highest BCUT2D eigenvalue weighted by molar-refractivity contribution is 6.85. The zero-order chi connectivity index (χ0) is 11.8. The Morgan fingerprint density at radius 3 is 2.20 bits per heavy atom. The summed E-state index contributed by atoms with van der Waals surface area (Å²) in [6, 6.07) is 0. The van der Waals surface area contributed by atoms with Gasteiger partial charge in [-0.1, -0.05) is 36.5 Å². The van der Waals surface area contributed by atoms with E-state index in [2.05, 4.69) is 39.6 Å². The average Bonchev–Trinajstić information content (AvgIpc) is 2.75. The molecule has 0 N–H and O–H groups in total.